The first-order valence-corrected chi connectivity index (χ1v) is 17.2. The van der Waals surface area contributed by atoms with Crippen LogP contribution in [0.1, 0.15) is 91.4 Å². The predicted octanol–water partition coefficient (Wildman–Crippen LogP) is 5.08. The van der Waals surface area contributed by atoms with Gasteiger partial charge in [-0.15, -0.1) is 0 Å². The summed E-state index contributed by atoms with van der Waals surface area (Å²) in [7, 11) is 0. The third kappa shape index (κ3) is 7.44. The maximum atomic E-state index is 12.5. The summed E-state index contributed by atoms with van der Waals surface area (Å²) < 4.78 is 11.0. The minimum Gasteiger partial charge on any atom is -0.393 e. The molecule has 2 amide bonds. The molecule has 0 aromatic rings. The van der Waals surface area contributed by atoms with Gasteiger partial charge in [-0.25, -0.2) is 0 Å². The normalized spacial score (nSPS) is 37.6. The highest BCUT2D eigenvalue weighted by Gasteiger charge is 2.60. The van der Waals surface area contributed by atoms with E-state index in [1.165, 1.54) is 44.9 Å². The van der Waals surface area contributed by atoms with Gasteiger partial charge in [-0.3, -0.25) is 9.59 Å². The Morgan fingerprint density at radius 2 is 1.52 bits per heavy atom. The molecule has 7 nitrogen and oxygen atoms in total. The van der Waals surface area contributed by atoms with Crippen molar-refractivity contribution in [2.45, 2.75) is 97.5 Å². The van der Waals surface area contributed by atoms with Gasteiger partial charge in [0.2, 0.25) is 11.8 Å². The number of ether oxygens (including phenoxy) is 2. The highest BCUT2D eigenvalue weighted by atomic mass is 79.9. The van der Waals surface area contributed by atoms with Crippen molar-refractivity contribution in [2.24, 2.45) is 46.3 Å². The van der Waals surface area contributed by atoms with Crippen molar-refractivity contribution in [1.82, 2.24) is 10.6 Å². The molecule has 8 heteroatoms. The average molecular weight is 628 g/mol. The van der Waals surface area contributed by atoms with E-state index in [1.807, 2.05) is 0 Å². The molecular weight excluding hydrogens is 572 g/mol. The third-order valence-electron chi connectivity index (χ3n) is 11.9. The Hall–Kier alpha value is -0.700. The minimum absolute atomic E-state index is 0.0485. The summed E-state index contributed by atoms with van der Waals surface area (Å²) in [6, 6.07) is 0. The molecule has 40 heavy (non-hydrogen) atoms. The molecule has 0 aliphatic heterocycles. The van der Waals surface area contributed by atoms with Crippen LogP contribution in [0.2, 0.25) is 0 Å². The van der Waals surface area contributed by atoms with Crippen molar-refractivity contribution < 1.29 is 24.2 Å². The monoisotopic (exact) mass is 626 g/mol. The number of carbonyl (C=O) groups is 2. The predicted molar refractivity (Wildman–Crippen MR) is 161 cm³/mol. The molecule has 230 valence electrons. The standard InChI is InChI=1S/C32H55BrN2O5/c1-22(4-9-29(37)34-14-16-39-18-19-40-17-15-35-30(38)21-33)26-7-8-27-25-6-5-23-20-24(36)10-12-31(23,2)28(25)11-13-32(26,27)3/h22-28,36H,4-21H2,1-3H3,(H,34,37)(H,35,38)/t22-,23-,24-,25+,26-,27+,28+,31+,32-/m1/s1. The Kier molecular flexibility index (Phi) is 11.8. The molecule has 4 aliphatic carbocycles. The Morgan fingerprint density at radius 3 is 2.23 bits per heavy atom. The van der Waals surface area contributed by atoms with E-state index in [2.05, 4.69) is 47.3 Å². The lowest BCUT2D eigenvalue weighted by atomic mass is 9.44. The molecule has 4 aliphatic rings. The smallest absolute Gasteiger partial charge is 0.230 e. The van der Waals surface area contributed by atoms with Gasteiger partial charge in [0, 0.05) is 19.5 Å². The number of alkyl halides is 1. The van der Waals surface area contributed by atoms with Crippen molar-refractivity contribution in [3.8, 4) is 0 Å². The van der Waals surface area contributed by atoms with E-state index in [1.54, 1.807) is 0 Å². The van der Waals surface area contributed by atoms with Crippen LogP contribution in [0.5, 0.6) is 0 Å². The molecule has 0 radical (unpaired) electrons. The van der Waals surface area contributed by atoms with E-state index in [9.17, 15) is 14.7 Å². The first-order chi connectivity index (χ1) is 19.2. The van der Waals surface area contributed by atoms with E-state index in [0.717, 1.165) is 48.9 Å². The Morgan fingerprint density at radius 1 is 0.875 bits per heavy atom. The zero-order valence-electron chi connectivity index (χ0n) is 25.2. The molecule has 9 atom stereocenters. The Labute approximate surface area is 250 Å². The summed E-state index contributed by atoms with van der Waals surface area (Å²) in [4.78, 5) is 23.7. The SMILES string of the molecule is C[C@H](CCC(=O)NCCOCCOCCNC(=O)CBr)[C@H]1CC[C@H]2[C@@H]3CC[C@@H]4C[C@H](O)CC[C@]4(C)[C@H]3CC[C@]12C. The second-order valence-electron chi connectivity index (χ2n) is 13.9. The molecule has 4 fully saturated rings. The minimum atomic E-state index is -0.0684. The maximum absolute atomic E-state index is 12.5. The number of amides is 2. The van der Waals surface area contributed by atoms with Crippen molar-refractivity contribution in [3.63, 3.8) is 0 Å². The zero-order valence-corrected chi connectivity index (χ0v) is 26.8. The summed E-state index contributed by atoms with van der Waals surface area (Å²) in [6.45, 7) is 10.5. The van der Waals surface area contributed by atoms with Crippen LogP contribution >= 0.6 is 15.9 Å². The lowest BCUT2D eigenvalue weighted by molar-refractivity contribution is -0.130. The van der Waals surface area contributed by atoms with Crippen LogP contribution < -0.4 is 10.6 Å². The topological polar surface area (TPSA) is 96.9 Å². The summed E-state index contributed by atoms with van der Waals surface area (Å²) in [5, 5.41) is 16.4. The fourth-order valence-electron chi connectivity index (χ4n) is 9.75. The molecule has 0 heterocycles. The van der Waals surface area contributed by atoms with Crippen LogP contribution in [0.15, 0.2) is 0 Å². The molecule has 4 rings (SSSR count). The number of aliphatic hydroxyl groups excluding tert-OH is 1. The molecule has 3 N–H and O–H groups in total. The number of hydrogen-bond acceptors (Lipinski definition) is 5. The van der Waals surface area contributed by atoms with Crippen LogP contribution in [0.3, 0.4) is 0 Å². The van der Waals surface area contributed by atoms with Gasteiger partial charge in [-0.05, 0) is 111 Å². The van der Waals surface area contributed by atoms with E-state index in [-0.39, 0.29) is 17.9 Å². The lowest BCUT2D eigenvalue weighted by Gasteiger charge is -2.61. The van der Waals surface area contributed by atoms with Gasteiger partial charge in [0.15, 0.2) is 0 Å². The highest BCUT2D eigenvalue weighted by molar-refractivity contribution is 9.09. The maximum Gasteiger partial charge on any atom is 0.230 e. The molecule has 4 saturated carbocycles. The van der Waals surface area contributed by atoms with Crippen LogP contribution in [-0.4, -0.2) is 67.9 Å². The summed E-state index contributed by atoms with van der Waals surface area (Å²) in [6.07, 6.45) is 12.8. The molecular formula is C32H55BrN2O5. The molecule has 0 aromatic heterocycles. The quantitative estimate of drug-likeness (QED) is 0.184. The summed E-state index contributed by atoms with van der Waals surface area (Å²) in [5.41, 5.74) is 0.859. The fraction of sp³-hybridized carbons (Fsp3) is 0.938. The number of aliphatic hydroxyl groups is 1. The zero-order chi connectivity index (χ0) is 28.8. The van der Waals surface area contributed by atoms with Crippen molar-refractivity contribution in [1.29, 1.82) is 0 Å². The van der Waals surface area contributed by atoms with Crippen LogP contribution in [0.25, 0.3) is 0 Å². The first-order valence-electron chi connectivity index (χ1n) is 16.1. The highest BCUT2D eigenvalue weighted by Crippen LogP contribution is 2.68. The van der Waals surface area contributed by atoms with Crippen molar-refractivity contribution >= 4 is 27.7 Å². The number of hydrogen-bond donors (Lipinski definition) is 3. The van der Waals surface area contributed by atoms with E-state index in [0.29, 0.717) is 68.0 Å². The van der Waals surface area contributed by atoms with Crippen LogP contribution in [0.4, 0.5) is 0 Å². The van der Waals surface area contributed by atoms with Gasteiger partial charge in [0.25, 0.3) is 0 Å². The molecule has 0 spiro atoms. The molecule has 0 bridgehead atoms. The van der Waals surface area contributed by atoms with Crippen molar-refractivity contribution in [3.05, 3.63) is 0 Å². The van der Waals surface area contributed by atoms with E-state index in [4.69, 9.17) is 9.47 Å². The van der Waals surface area contributed by atoms with Gasteiger partial charge >= 0.3 is 0 Å². The Balaban J connectivity index is 1.13. The van der Waals surface area contributed by atoms with Gasteiger partial charge in [0.1, 0.15) is 0 Å². The van der Waals surface area contributed by atoms with Gasteiger partial charge in [-0.1, -0.05) is 36.7 Å². The fourth-order valence-corrected chi connectivity index (χ4v) is 9.95. The number of rotatable bonds is 14. The number of nitrogens with one attached hydrogen (secondary N) is 2. The van der Waals surface area contributed by atoms with Gasteiger partial charge in [-0.2, -0.15) is 0 Å². The Bertz CT molecular complexity index is 844. The average Bonchev–Trinajstić information content (AvgIpc) is 3.30. The number of carbonyl (C=O) groups excluding carboxylic acids is 2. The largest absolute Gasteiger partial charge is 0.393 e. The second-order valence-corrected chi connectivity index (χ2v) is 14.4. The lowest BCUT2D eigenvalue weighted by Crippen LogP contribution is -2.54. The number of fused-ring (bicyclic) bond motifs is 5. The molecule has 0 unspecified atom stereocenters. The van der Waals surface area contributed by atoms with Crippen LogP contribution in [0, 0.1) is 46.3 Å². The third-order valence-corrected chi connectivity index (χ3v) is 12.4. The summed E-state index contributed by atoms with van der Waals surface area (Å²) in [5.74, 6) is 4.64. The van der Waals surface area contributed by atoms with Crippen molar-refractivity contribution in [2.75, 3.05) is 44.8 Å². The van der Waals surface area contributed by atoms with E-state index < -0.39 is 0 Å². The van der Waals surface area contributed by atoms with Gasteiger partial charge in [0.05, 0.1) is 37.9 Å². The first kappa shape index (κ1) is 32.2. The second kappa shape index (κ2) is 14.7. The van der Waals surface area contributed by atoms with Crippen LogP contribution in [-0.2, 0) is 19.1 Å². The number of halogens is 1. The molecule has 0 aromatic carbocycles. The van der Waals surface area contributed by atoms with Gasteiger partial charge < -0.3 is 25.2 Å². The summed E-state index contributed by atoms with van der Waals surface area (Å²) >= 11 is 3.10. The van der Waals surface area contributed by atoms with E-state index >= 15 is 0 Å². The molecule has 0 saturated heterocycles.